The number of rotatable bonds is 7. The maximum atomic E-state index is 14.9. The smallest absolute Gasteiger partial charge is 0.231 e. The van der Waals surface area contributed by atoms with Crippen LogP contribution in [0.1, 0.15) is 116 Å². The highest BCUT2D eigenvalue weighted by Gasteiger charge is 2.57. The molecule has 48 heavy (non-hydrogen) atoms. The van der Waals surface area contributed by atoms with Crippen molar-refractivity contribution in [3.8, 4) is 0 Å². The molecule has 12 heteroatoms. The van der Waals surface area contributed by atoms with Gasteiger partial charge in [-0.3, -0.25) is 19.5 Å². The number of hydrogen-bond acceptors (Lipinski definition) is 6. The predicted octanol–water partition coefficient (Wildman–Crippen LogP) is 5.86. The number of alkyl halides is 2. The lowest BCUT2D eigenvalue weighted by molar-refractivity contribution is -0.139. The summed E-state index contributed by atoms with van der Waals surface area (Å²) in [5.74, 6) is 0.938. The molecule has 9 nitrogen and oxygen atoms in total. The third-order valence-corrected chi connectivity index (χ3v) is 16.6. The Morgan fingerprint density at radius 3 is 2.33 bits per heavy atom. The zero-order valence-electron chi connectivity index (χ0n) is 28.6. The summed E-state index contributed by atoms with van der Waals surface area (Å²) in [6.45, 7) is 0.898. The fourth-order valence-electron chi connectivity index (χ4n) is 10.8. The van der Waals surface area contributed by atoms with Gasteiger partial charge < -0.3 is 10.1 Å². The largest absolute Gasteiger partial charge is 0.381 e. The Labute approximate surface area is 297 Å². The average molecular weight is 728 g/mol. The number of carbonyl (C=O) groups is 2. The molecule has 2 amide bonds. The van der Waals surface area contributed by atoms with Crippen LogP contribution in [0.2, 0.25) is 0 Å². The van der Waals surface area contributed by atoms with Crippen LogP contribution in [0, 0.1) is 29.6 Å². The van der Waals surface area contributed by atoms with Crippen molar-refractivity contribution in [1.29, 1.82) is 0 Å². The topological polar surface area (TPSA) is 108 Å². The molecule has 0 aromatic carbocycles. The van der Waals surface area contributed by atoms with Crippen molar-refractivity contribution in [1.82, 2.24) is 14.5 Å². The molecule has 0 radical (unpaired) electrons. The highest BCUT2D eigenvalue weighted by atomic mass is 35.5. The summed E-state index contributed by atoms with van der Waals surface area (Å²) in [5.41, 5.74) is 0. The molecule has 0 spiro atoms. The molecule has 7 rings (SSSR count). The Kier molecular flexibility index (Phi) is 11.1. The number of nitrogens with zero attached hydrogens (tertiary/aromatic N) is 3. The van der Waals surface area contributed by atoms with Gasteiger partial charge in [0.25, 0.3) is 0 Å². The highest BCUT2D eigenvalue weighted by molar-refractivity contribution is 7.89. The lowest BCUT2D eigenvalue weighted by Gasteiger charge is -2.43. The van der Waals surface area contributed by atoms with E-state index in [9.17, 15) is 18.0 Å². The van der Waals surface area contributed by atoms with E-state index < -0.39 is 10.0 Å². The molecule has 8 atom stereocenters. The number of carbonyl (C=O) groups excluding carboxylic acids is 2. The van der Waals surface area contributed by atoms with E-state index >= 15 is 0 Å². The SMILES string of the molecule is COC1CCC(S(=O)(=O)N2CC(C3=NC(C4CCCC(Cl)C4)C(C4CCC(Cl)CC4)N3C(=O)C3CCNC(=O)C3)C3CCCCC32)CC1. The average Bonchev–Trinajstić information content (AvgIpc) is 3.68. The predicted molar refractivity (Wildman–Crippen MR) is 189 cm³/mol. The lowest BCUT2D eigenvalue weighted by Crippen LogP contribution is -2.55. The number of methoxy groups -OCH3 is 1. The number of amides is 2. The van der Waals surface area contributed by atoms with E-state index in [0.717, 1.165) is 95.7 Å². The summed E-state index contributed by atoms with van der Waals surface area (Å²) in [7, 11) is -1.82. The minimum atomic E-state index is -3.54. The van der Waals surface area contributed by atoms with Crippen LogP contribution in [0.25, 0.3) is 0 Å². The van der Waals surface area contributed by atoms with Crippen LogP contribution < -0.4 is 5.32 Å². The van der Waals surface area contributed by atoms with Crippen molar-refractivity contribution in [2.75, 3.05) is 20.2 Å². The second-order valence-electron chi connectivity index (χ2n) is 16.1. The van der Waals surface area contributed by atoms with Crippen LogP contribution in [-0.2, 0) is 24.3 Å². The van der Waals surface area contributed by atoms with Crippen LogP contribution in [0.4, 0.5) is 0 Å². The first kappa shape index (κ1) is 35.5. The summed E-state index contributed by atoms with van der Waals surface area (Å²) in [4.78, 5) is 35.3. The van der Waals surface area contributed by atoms with Gasteiger partial charge in [0.2, 0.25) is 21.8 Å². The quantitative estimate of drug-likeness (QED) is 0.331. The van der Waals surface area contributed by atoms with Crippen LogP contribution in [0.5, 0.6) is 0 Å². The van der Waals surface area contributed by atoms with Crippen molar-refractivity contribution in [2.45, 2.75) is 156 Å². The molecule has 0 aromatic rings. The Morgan fingerprint density at radius 2 is 1.62 bits per heavy atom. The highest BCUT2D eigenvalue weighted by Crippen LogP contribution is 2.49. The van der Waals surface area contributed by atoms with Gasteiger partial charge in [-0.05, 0) is 108 Å². The molecule has 270 valence electrons. The van der Waals surface area contributed by atoms with Crippen molar-refractivity contribution in [3.63, 3.8) is 0 Å². The van der Waals surface area contributed by atoms with Crippen molar-refractivity contribution >= 4 is 50.9 Å². The first-order chi connectivity index (χ1) is 23.2. The van der Waals surface area contributed by atoms with Gasteiger partial charge in [-0.25, -0.2) is 8.42 Å². The Balaban J connectivity index is 1.26. The van der Waals surface area contributed by atoms with Gasteiger partial charge >= 0.3 is 0 Å². The van der Waals surface area contributed by atoms with E-state index in [1.807, 2.05) is 4.31 Å². The van der Waals surface area contributed by atoms with Crippen molar-refractivity contribution in [3.05, 3.63) is 0 Å². The normalized spacial score (nSPS) is 43.0. The number of hydrogen-bond donors (Lipinski definition) is 1. The molecule has 2 saturated heterocycles. The minimum absolute atomic E-state index is 0.0221. The van der Waals surface area contributed by atoms with Crippen LogP contribution in [0.3, 0.4) is 0 Å². The molecule has 4 saturated carbocycles. The van der Waals surface area contributed by atoms with Crippen molar-refractivity contribution < 1.29 is 22.7 Å². The Morgan fingerprint density at radius 1 is 0.875 bits per heavy atom. The fraction of sp³-hybridized carbons (Fsp3) is 0.917. The van der Waals surface area contributed by atoms with E-state index in [4.69, 9.17) is 32.9 Å². The van der Waals surface area contributed by atoms with Crippen LogP contribution in [0.15, 0.2) is 4.99 Å². The van der Waals surface area contributed by atoms with Gasteiger partial charge in [0, 0.05) is 55.3 Å². The summed E-state index contributed by atoms with van der Waals surface area (Å²) in [5, 5.41) is 2.79. The molecular weight excluding hydrogens is 671 g/mol. The van der Waals surface area contributed by atoms with Gasteiger partial charge in [0.15, 0.2) is 0 Å². The van der Waals surface area contributed by atoms with Crippen LogP contribution >= 0.6 is 23.2 Å². The van der Waals surface area contributed by atoms with E-state index in [1.54, 1.807) is 7.11 Å². The second kappa shape index (κ2) is 15.0. The number of fused-ring (bicyclic) bond motifs is 1. The maximum absolute atomic E-state index is 14.9. The molecule has 7 aliphatic rings. The Hall–Kier alpha value is -0.940. The lowest BCUT2D eigenvalue weighted by atomic mass is 9.73. The molecule has 0 bridgehead atoms. The molecule has 3 heterocycles. The van der Waals surface area contributed by atoms with Gasteiger partial charge in [0.05, 0.1) is 23.4 Å². The van der Waals surface area contributed by atoms with E-state index in [-0.39, 0.29) is 88.1 Å². The number of sulfonamides is 1. The number of halogens is 2. The van der Waals surface area contributed by atoms with Crippen LogP contribution in [-0.4, -0.2) is 95.7 Å². The molecule has 3 aliphatic heterocycles. The Bertz CT molecular complexity index is 1320. The number of nitrogens with one attached hydrogen (secondary N) is 1. The fourth-order valence-corrected chi connectivity index (χ4v) is 13.7. The summed E-state index contributed by atoms with van der Waals surface area (Å²) in [6.07, 6.45) is 15.4. The minimum Gasteiger partial charge on any atom is -0.381 e. The van der Waals surface area contributed by atoms with Crippen molar-refractivity contribution in [2.24, 2.45) is 34.6 Å². The number of ether oxygens (including phenoxy) is 1. The summed E-state index contributed by atoms with van der Waals surface area (Å²) >= 11 is 13.5. The van der Waals surface area contributed by atoms with E-state index in [0.29, 0.717) is 32.4 Å². The maximum Gasteiger partial charge on any atom is 0.231 e. The van der Waals surface area contributed by atoms with Gasteiger partial charge in [-0.15, -0.1) is 23.2 Å². The first-order valence-electron chi connectivity index (χ1n) is 19.1. The second-order valence-corrected chi connectivity index (χ2v) is 19.5. The third kappa shape index (κ3) is 6.97. The third-order valence-electron chi connectivity index (χ3n) is 13.4. The zero-order valence-corrected chi connectivity index (χ0v) is 30.9. The summed E-state index contributed by atoms with van der Waals surface area (Å²) in [6, 6.07) is -0.206. The molecule has 0 aromatic heterocycles. The monoisotopic (exact) mass is 726 g/mol. The molecule has 8 unspecified atom stereocenters. The van der Waals surface area contributed by atoms with Gasteiger partial charge in [-0.1, -0.05) is 19.3 Å². The molecule has 6 fully saturated rings. The zero-order chi connectivity index (χ0) is 33.6. The van der Waals surface area contributed by atoms with Gasteiger partial charge in [-0.2, -0.15) is 4.31 Å². The van der Waals surface area contributed by atoms with Gasteiger partial charge in [0.1, 0.15) is 5.84 Å². The number of piperidine rings is 1. The standard InChI is InChI=1S/C36H56Cl2N4O5S/c1-47-27-13-15-28(16-14-27)48(45,46)41-21-30(29-7-2-3-8-31(29)41)35-40-33(23-5-4-6-26(38)19-23)34(22-9-11-25(37)12-10-22)42(35)36(44)24-17-18-39-32(43)20-24/h22-31,33-34H,2-21H2,1H3,(H,39,43). The first-order valence-corrected chi connectivity index (χ1v) is 21.5. The molecular formula is C36H56Cl2N4O5S. The number of aliphatic imine (C=N–C) groups is 1. The molecule has 4 aliphatic carbocycles. The molecule has 1 N–H and O–H groups in total. The van der Waals surface area contributed by atoms with E-state index in [1.165, 1.54) is 0 Å². The number of amidine groups is 1. The summed E-state index contributed by atoms with van der Waals surface area (Å²) < 4.78 is 36.4. The van der Waals surface area contributed by atoms with E-state index in [2.05, 4.69) is 10.2 Å².